The van der Waals surface area contributed by atoms with E-state index in [0.29, 0.717) is 12.2 Å². The zero-order chi connectivity index (χ0) is 9.35. The van der Waals surface area contributed by atoms with Gasteiger partial charge in [-0.2, -0.15) is 8.78 Å². The van der Waals surface area contributed by atoms with Gasteiger partial charge >= 0.3 is 12.0 Å². The Balaban J connectivity index is 3.03. The van der Waals surface area contributed by atoms with E-state index in [1.807, 2.05) is 0 Å². The molecule has 1 aliphatic carbocycles. The van der Waals surface area contributed by atoms with Crippen LogP contribution in [0.5, 0.6) is 0 Å². The summed E-state index contributed by atoms with van der Waals surface area (Å²) in [5.74, 6) is -5.16. The summed E-state index contributed by atoms with van der Waals surface area (Å²) in [4.78, 5) is 8.65. The molecule has 0 spiro atoms. The highest BCUT2D eigenvalue weighted by atomic mass is 19.3. The monoisotopic (exact) mass is 179 g/mol. The van der Waals surface area contributed by atoms with Crippen molar-refractivity contribution < 1.29 is 18.1 Å². The van der Waals surface area contributed by atoms with Crippen LogP contribution in [-0.4, -0.2) is 16.9 Å². The molecule has 0 fully saturated rings. The predicted octanol–water partition coefficient (Wildman–Crippen LogP) is 1.69. The molecule has 0 N–H and O–H groups in total. The van der Waals surface area contributed by atoms with Gasteiger partial charge in [-0.25, -0.2) is 4.39 Å². The van der Waals surface area contributed by atoms with E-state index >= 15 is 0 Å². The average Bonchev–Trinajstić information content (AvgIpc) is 1.82. The third-order valence-corrected chi connectivity index (χ3v) is 1.41. The predicted molar refractivity (Wildman–Crippen MR) is 34.1 cm³/mol. The quantitative estimate of drug-likeness (QED) is 0.454. The fourth-order valence-electron chi connectivity index (χ4n) is 0.876. The van der Waals surface area contributed by atoms with Gasteiger partial charge in [-0.05, 0) is 12.2 Å². The second kappa shape index (κ2) is 2.62. The van der Waals surface area contributed by atoms with Gasteiger partial charge in [0.05, 0.1) is 0 Å². The van der Waals surface area contributed by atoms with Crippen molar-refractivity contribution in [3.8, 4) is 0 Å². The minimum absolute atomic E-state index is 0.309. The lowest BCUT2D eigenvalue weighted by molar-refractivity contribution is -0.538. The maximum Gasteiger partial charge on any atom is 0.339 e. The van der Waals surface area contributed by atoms with E-state index in [1.54, 1.807) is 0 Å². The summed E-state index contributed by atoms with van der Waals surface area (Å²) in [5.41, 5.74) is 0. The minimum Gasteiger partial charge on any atom is -0.264 e. The molecule has 3 nitrogen and oxygen atoms in total. The number of hydrogen-bond acceptors (Lipinski definition) is 2. The number of allylic oxidation sites excluding steroid dienone is 2. The van der Waals surface area contributed by atoms with Crippen LogP contribution in [0.4, 0.5) is 13.2 Å². The molecule has 0 saturated carbocycles. The molecule has 0 amide bonds. The lowest BCUT2D eigenvalue weighted by atomic mass is 10.0. The van der Waals surface area contributed by atoms with E-state index in [-0.39, 0.29) is 0 Å². The lowest BCUT2D eigenvalue weighted by Gasteiger charge is -2.17. The summed E-state index contributed by atoms with van der Waals surface area (Å²) in [7, 11) is 0. The summed E-state index contributed by atoms with van der Waals surface area (Å²) in [6.45, 7) is 0. The van der Waals surface area contributed by atoms with Crippen molar-refractivity contribution in [3.05, 3.63) is 34.2 Å². The standard InChI is InChI=1S/C6H4F3NO2/c7-4-2-1-3-6(8,9)5(4)10(11)12/h1-3,5H. The molecular formula is C6H4F3NO2. The highest BCUT2D eigenvalue weighted by molar-refractivity contribution is 5.23. The third-order valence-electron chi connectivity index (χ3n) is 1.41. The Kier molecular flexibility index (Phi) is 1.91. The van der Waals surface area contributed by atoms with Crippen molar-refractivity contribution in [1.29, 1.82) is 0 Å². The van der Waals surface area contributed by atoms with Crippen LogP contribution in [-0.2, 0) is 0 Å². The first-order valence-electron chi connectivity index (χ1n) is 3.01. The Bertz CT molecular complexity index is 272. The highest BCUT2D eigenvalue weighted by Gasteiger charge is 2.51. The topological polar surface area (TPSA) is 43.1 Å². The Morgan fingerprint density at radius 3 is 2.50 bits per heavy atom. The van der Waals surface area contributed by atoms with Crippen LogP contribution in [0.2, 0.25) is 0 Å². The molecule has 0 aromatic carbocycles. The van der Waals surface area contributed by atoms with Gasteiger partial charge in [0.2, 0.25) is 0 Å². The summed E-state index contributed by atoms with van der Waals surface area (Å²) in [5, 5.41) is 9.99. The Morgan fingerprint density at radius 1 is 1.58 bits per heavy atom. The maximum absolute atomic E-state index is 12.6. The number of hydrogen-bond donors (Lipinski definition) is 0. The number of nitro groups is 1. The molecular weight excluding hydrogens is 175 g/mol. The fourth-order valence-corrected chi connectivity index (χ4v) is 0.876. The smallest absolute Gasteiger partial charge is 0.264 e. The molecule has 0 aliphatic heterocycles. The van der Waals surface area contributed by atoms with Gasteiger partial charge in [0.25, 0.3) is 0 Å². The molecule has 1 rings (SSSR count). The molecule has 0 saturated heterocycles. The van der Waals surface area contributed by atoms with Crippen molar-refractivity contribution in [1.82, 2.24) is 0 Å². The molecule has 66 valence electrons. The van der Waals surface area contributed by atoms with E-state index in [9.17, 15) is 23.3 Å². The molecule has 12 heavy (non-hydrogen) atoms. The van der Waals surface area contributed by atoms with Crippen LogP contribution >= 0.6 is 0 Å². The van der Waals surface area contributed by atoms with Crippen molar-refractivity contribution in [2.45, 2.75) is 12.0 Å². The average molecular weight is 179 g/mol. The molecule has 1 unspecified atom stereocenters. The minimum atomic E-state index is -3.73. The fraction of sp³-hybridized carbons (Fsp3) is 0.333. The number of alkyl halides is 2. The molecule has 0 heterocycles. The van der Waals surface area contributed by atoms with Gasteiger partial charge in [0.15, 0.2) is 5.83 Å². The normalized spacial score (nSPS) is 26.6. The van der Waals surface area contributed by atoms with Crippen LogP contribution in [0, 0.1) is 10.1 Å². The highest BCUT2D eigenvalue weighted by Crippen LogP contribution is 2.31. The Labute approximate surface area is 65.3 Å². The molecule has 0 bridgehead atoms. The SMILES string of the molecule is O=[N+]([O-])C1C(F)=CC=CC1(F)F. The van der Waals surface area contributed by atoms with Crippen LogP contribution in [0.15, 0.2) is 24.1 Å². The van der Waals surface area contributed by atoms with Gasteiger partial charge in [-0.1, -0.05) is 6.08 Å². The first-order valence-corrected chi connectivity index (χ1v) is 3.01. The molecule has 0 aromatic rings. The summed E-state index contributed by atoms with van der Waals surface area (Å²) in [6, 6.07) is -2.57. The summed E-state index contributed by atoms with van der Waals surface area (Å²) >= 11 is 0. The third kappa shape index (κ3) is 1.32. The molecule has 6 heteroatoms. The van der Waals surface area contributed by atoms with E-state index in [4.69, 9.17) is 0 Å². The van der Waals surface area contributed by atoms with Crippen molar-refractivity contribution >= 4 is 0 Å². The lowest BCUT2D eigenvalue weighted by Crippen LogP contribution is -2.40. The Morgan fingerprint density at radius 2 is 2.17 bits per heavy atom. The van der Waals surface area contributed by atoms with Crippen LogP contribution in [0.25, 0.3) is 0 Å². The second-order valence-electron chi connectivity index (χ2n) is 2.27. The van der Waals surface area contributed by atoms with E-state index in [0.717, 1.165) is 6.08 Å². The molecule has 1 aliphatic rings. The van der Waals surface area contributed by atoms with Gasteiger partial charge in [-0.3, -0.25) is 10.1 Å². The van der Waals surface area contributed by atoms with Gasteiger partial charge in [-0.15, -0.1) is 0 Å². The largest absolute Gasteiger partial charge is 0.339 e. The first kappa shape index (κ1) is 8.76. The van der Waals surface area contributed by atoms with Crippen LogP contribution in [0.1, 0.15) is 0 Å². The Hall–Kier alpha value is -1.33. The first-order chi connectivity index (χ1) is 5.45. The van der Waals surface area contributed by atoms with Gasteiger partial charge < -0.3 is 0 Å². The second-order valence-corrected chi connectivity index (χ2v) is 2.27. The summed E-state index contributed by atoms with van der Waals surface area (Å²) in [6.07, 6.45) is 1.73. The number of nitrogens with zero attached hydrogens (tertiary/aromatic N) is 1. The zero-order valence-electron chi connectivity index (χ0n) is 5.71. The summed E-state index contributed by atoms with van der Waals surface area (Å²) < 4.78 is 37.6. The van der Waals surface area contributed by atoms with Gasteiger partial charge in [0, 0.05) is 4.92 Å². The van der Waals surface area contributed by atoms with Crippen molar-refractivity contribution in [2.24, 2.45) is 0 Å². The molecule has 0 radical (unpaired) electrons. The van der Waals surface area contributed by atoms with Gasteiger partial charge in [0.1, 0.15) is 0 Å². The van der Waals surface area contributed by atoms with E-state index in [2.05, 4.69) is 0 Å². The van der Waals surface area contributed by atoms with E-state index in [1.165, 1.54) is 0 Å². The maximum atomic E-state index is 12.6. The number of rotatable bonds is 1. The zero-order valence-corrected chi connectivity index (χ0v) is 5.71. The van der Waals surface area contributed by atoms with Crippen LogP contribution < -0.4 is 0 Å². The van der Waals surface area contributed by atoms with E-state index < -0.39 is 22.7 Å². The van der Waals surface area contributed by atoms with Crippen molar-refractivity contribution in [2.75, 3.05) is 0 Å². The van der Waals surface area contributed by atoms with Crippen molar-refractivity contribution in [3.63, 3.8) is 0 Å². The molecule has 1 atom stereocenters. The number of halogens is 3. The van der Waals surface area contributed by atoms with Crippen LogP contribution in [0.3, 0.4) is 0 Å². The molecule has 0 aromatic heterocycles.